The zero-order valence-electron chi connectivity index (χ0n) is 13.6. The monoisotopic (exact) mass is 373 g/mol. The minimum Gasteiger partial charge on any atom is -0.461 e. The van der Waals surface area contributed by atoms with Crippen LogP contribution in [0.5, 0.6) is 0 Å². The molecule has 0 spiro atoms. The molecule has 0 saturated carbocycles. The summed E-state index contributed by atoms with van der Waals surface area (Å²) in [6.07, 6.45) is 0.239. The molecule has 0 aliphatic carbocycles. The summed E-state index contributed by atoms with van der Waals surface area (Å²) in [5.41, 5.74) is 7.03. The molecule has 0 bridgehead atoms. The Labute approximate surface area is 153 Å². The molecule has 0 aliphatic rings. The number of nitrogens with zero attached hydrogens (tertiary/aromatic N) is 1. The summed E-state index contributed by atoms with van der Waals surface area (Å²) in [6, 6.07) is 12.6. The third kappa shape index (κ3) is 4.01. The maximum atomic E-state index is 12.2. The van der Waals surface area contributed by atoms with Crippen molar-refractivity contribution in [3.05, 3.63) is 75.0 Å². The standard InChI is InChI=1S/C18H16ClN3O4/c19-15-6-5-13(22(24)25)7-12(15)10-21-18(23)16(20)9-14-8-11-3-1-2-4-17(11)26-14/h1-8,16H,9-10,20H2,(H,21,23). The van der Waals surface area contributed by atoms with Gasteiger partial charge in [-0.15, -0.1) is 0 Å². The minimum absolute atomic E-state index is 0.0488. The highest BCUT2D eigenvalue weighted by Gasteiger charge is 2.17. The number of fused-ring (bicyclic) bond motifs is 1. The second kappa shape index (κ2) is 7.55. The maximum Gasteiger partial charge on any atom is 0.269 e. The molecule has 0 radical (unpaired) electrons. The first kappa shape index (κ1) is 17.9. The van der Waals surface area contributed by atoms with Crippen molar-refractivity contribution in [3.8, 4) is 0 Å². The van der Waals surface area contributed by atoms with Crippen LogP contribution in [-0.2, 0) is 17.8 Å². The van der Waals surface area contributed by atoms with Gasteiger partial charge in [-0.1, -0.05) is 29.8 Å². The highest BCUT2D eigenvalue weighted by Crippen LogP contribution is 2.22. The van der Waals surface area contributed by atoms with E-state index >= 15 is 0 Å². The molecule has 0 saturated heterocycles. The molecule has 0 aliphatic heterocycles. The lowest BCUT2D eigenvalue weighted by atomic mass is 10.1. The Morgan fingerprint density at radius 3 is 2.77 bits per heavy atom. The van der Waals surface area contributed by atoms with Gasteiger partial charge in [-0.2, -0.15) is 0 Å². The largest absolute Gasteiger partial charge is 0.461 e. The van der Waals surface area contributed by atoms with Crippen molar-refractivity contribution in [1.29, 1.82) is 0 Å². The number of nitrogens with two attached hydrogens (primary N) is 1. The number of non-ortho nitro benzene ring substituents is 1. The zero-order chi connectivity index (χ0) is 18.7. The van der Waals surface area contributed by atoms with Gasteiger partial charge < -0.3 is 15.5 Å². The molecule has 1 unspecified atom stereocenters. The number of para-hydroxylation sites is 1. The van der Waals surface area contributed by atoms with Crippen LogP contribution >= 0.6 is 11.6 Å². The summed E-state index contributed by atoms with van der Waals surface area (Å²) in [5, 5.41) is 14.8. The lowest BCUT2D eigenvalue weighted by molar-refractivity contribution is -0.384. The maximum absolute atomic E-state index is 12.2. The number of rotatable bonds is 6. The van der Waals surface area contributed by atoms with E-state index in [-0.39, 0.29) is 18.7 Å². The molecule has 1 amide bonds. The van der Waals surface area contributed by atoms with Crippen LogP contribution in [0.1, 0.15) is 11.3 Å². The normalized spacial score (nSPS) is 12.1. The summed E-state index contributed by atoms with van der Waals surface area (Å²) in [6.45, 7) is 0.0488. The van der Waals surface area contributed by atoms with E-state index in [1.54, 1.807) is 0 Å². The number of furan rings is 1. The molecule has 26 heavy (non-hydrogen) atoms. The van der Waals surface area contributed by atoms with E-state index in [1.807, 2.05) is 30.3 Å². The van der Waals surface area contributed by atoms with E-state index in [4.69, 9.17) is 21.8 Å². The fraction of sp³-hybridized carbons (Fsp3) is 0.167. The van der Waals surface area contributed by atoms with Gasteiger partial charge in [0.1, 0.15) is 11.3 Å². The Morgan fingerprint density at radius 1 is 1.27 bits per heavy atom. The Balaban J connectivity index is 1.62. The molecular formula is C18H16ClN3O4. The van der Waals surface area contributed by atoms with Gasteiger partial charge in [-0.3, -0.25) is 14.9 Å². The smallest absolute Gasteiger partial charge is 0.269 e. The van der Waals surface area contributed by atoms with Crippen LogP contribution in [0.15, 0.2) is 52.9 Å². The van der Waals surface area contributed by atoms with E-state index in [9.17, 15) is 14.9 Å². The lowest BCUT2D eigenvalue weighted by Gasteiger charge is -2.11. The average Bonchev–Trinajstić information content (AvgIpc) is 3.02. The summed E-state index contributed by atoms with van der Waals surface area (Å²) < 4.78 is 5.66. The number of hydrogen-bond acceptors (Lipinski definition) is 5. The second-order valence-electron chi connectivity index (χ2n) is 5.81. The number of halogens is 1. The SMILES string of the molecule is NC(Cc1cc2ccccc2o1)C(=O)NCc1cc([N+](=O)[O-])ccc1Cl. The summed E-state index contributed by atoms with van der Waals surface area (Å²) in [7, 11) is 0. The molecule has 3 N–H and O–H groups in total. The molecule has 1 atom stereocenters. The number of nitro groups is 1. The van der Waals surface area contributed by atoms with Crippen molar-refractivity contribution < 1.29 is 14.1 Å². The minimum atomic E-state index is -0.812. The highest BCUT2D eigenvalue weighted by atomic mass is 35.5. The first-order chi connectivity index (χ1) is 12.4. The van der Waals surface area contributed by atoms with Crippen molar-refractivity contribution in [1.82, 2.24) is 5.32 Å². The van der Waals surface area contributed by atoms with Crippen molar-refractivity contribution >= 4 is 34.2 Å². The quantitative estimate of drug-likeness (QED) is 0.509. The van der Waals surface area contributed by atoms with Crippen LogP contribution in [0.4, 0.5) is 5.69 Å². The molecule has 1 aromatic heterocycles. The van der Waals surface area contributed by atoms with Gasteiger partial charge in [0.2, 0.25) is 5.91 Å². The number of nitrogens with one attached hydrogen (secondary N) is 1. The van der Waals surface area contributed by atoms with Gasteiger partial charge in [0.25, 0.3) is 5.69 Å². The Kier molecular flexibility index (Phi) is 5.20. The third-order valence-corrected chi connectivity index (χ3v) is 4.30. The fourth-order valence-corrected chi connectivity index (χ4v) is 2.75. The second-order valence-corrected chi connectivity index (χ2v) is 6.22. The van der Waals surface area contributed by atoms with Crippen molar-refractivity contribution in [2.45, 2.75) is 19.0 Å². The van der Waals surface area contributed by atoms with Gasteiger partial charge in [-0.05, 0) is 23.8 Å². The van der Waals surface area contributed by atoms with Crippen LogP contribution < -0.4 is 11.1 Å². The zero-order valence-corrected chi connectivity index (χ0v) is 14.4. The molecule has 7 nitrogen and oxygen atoms in total. The van der Waals surface area contributed by atoms with Gasteiger partial charge in [0, 0.05) is 35.5 Å². The van der Waals surface area contributed by atoms with E-state index in [2.05, 4.69) is 5.32 Å². The molecule has 0 fully saturated rings. The van der Waals surface area contributed by atoms with Crippen molar-refractivity contribution in [2.24, 2.45) is 5.73 Å². The van der Waals surface area contributed by atoms with Crippen molar-refractivity contribution in [2.75, 3.05) is 0 Å². The Bertz CT molecular complexity index is 937. The van der Waals surface area contributed by atoms with Crippen LogP contribution in [-0.4, -0.2) is 16.9 Å². The van der Waals surface area contributed by atoms with Crippen LogP contribution in [0.2, 0.25) is 5.02 Å². The Hall–Kier alpha value is -2.90. The average molecular weight is 374 g/mol. The Morgan fingerprint density at radius 2 is 2.04 bits per heavy atom. The highest BCUT2D eigenvalue weighted by molar-refractivity contribution is 6.31. The summed E-state index contributed by atoms with van der Waals surface area (Å²) >= 11 is 6.02. The topological polar surface area (TPSA) is 111 Å². The lowest BCUT2D eigenvalue weighted by Crippen LogP contribution is -2.41. The predicted molar refractivity (Wildman–Crippen MR) is 97.8 cm³/mol. The number of benzene rings is 2. The first-order valence-electron chi connectivity index (χ1n) is 7.87. The van der Waals surface area contributed by atoms with Crippen LogP contribution in [0, 0.1) is 10.1 Å². The fourth-order valence-electron chi connectivity index (χ4n) is 2.57. The summed E-state index contributed by atoms with van der Waals surface area (Å²) in [5.74, 6) is 0.218. The van der Waals surface area contributed by atoms with Crippen molar-refractivity contribution in [3.63, 3.8) is 0 Å². The van der Waals surface area contributed by atoms with Crippen LogP contribution in [0.3, 0.4) is 0 Å². The van der Waals surface area contributed by atoms with Gasteiger partial charge in [0.05, 0.1) is 11.0 Å². The molecular weight excluding hydrogens is 358 g/mol. The van der Waals surface area contributed by atoms with Gasteiger partial charge in [0.15, 0.2) is 0 Å². The van der Waals surface area contributed by atoms with Gasteiger partial charge >= 0.3 is 0 Å². The molecule has 3 aromatic rings. The molecule has 1 heterocycles. The number of amides is 1. The number of carbonyl (C=O) groups excluding carboxylic acids is 1. The third-order valence-electron chi connectivity index (χ3n) is 3.93. The predicted octanol–water partition coefficient (Wildman–Crippen LogP) is 3.18. The van der Waals surface area contributed by atoms with Crippen LogP contribution in [0.25, 0.3) is 11.0 Å². The molecule has 2 aromatic carbocycles. The van der Waals surface area contributed by atoms with Gasteiger partial charge in [-0.25, -0.2) is 0 Å². The van der Waals surface area contributed by atoms with E-state index in [1.165, 1.54) is 18.2 Å². The molecule has 3 rings (SSSR count). The molecule has 134 valence electrons. The van der Waals surface area contributed by atoms with E-state index in [0.717, 1.165) is 11.0 Å². The number of hydrogen-bond donors (Lipinski definition) is 2. The number of nitro benzene ring substituents is 1. The summed E-state index contributed by atoms with van der Waals surface area (Å²) in [4.78, 5) is 22.5. The van der Waals surface area contributed by atoms with E-state index in [0.29, 0.717) is 16.3 Å². The molecule has 8 heteroatoms. The number of carbonyl (C=O) groups is 1. The first-order valence-corrected chi connectivity index (χ1v) is 8.25. The van der Waals surface area contributed by atoms with E-state index < -0.39 is 16.9 Å².